The summed E-state index contributed by atoms with van der Waals surface area (Å²) in [6, 6.07) is 14.9. The second kappa shape index (κ2) is 5.20. The van der Waals surface area contributed by atoms with Gasteiger partial charge in [0, 0.05) is 11.7 Å². The summed E-state index contributed by atoms with van der Waals surface area (Å²) in [6.45, 7) is 8.92. The number of aryl methyl sites for hydroxylation is 1. The predicted octanol–water partition coefficient (Wildman–Crippen LogP) is 5.22. The number of nitrogens with zero attached hydrogens (tertiary/aromatic N) is 1. The van der Waals surface area contributed by atoms with Crippen LogP contribution in [0.5, 0.6) is 5.75 Å². The van der Waals surface area contributed by atoms with Crippen LogP contribution in [0.25, 0.3) is 16.8 Å². The van der Waals surface area contributed by atoms with Crippen molar-refractivity contribution in [1.29, 1.82) is 0 Å². The number of aromatic nitrogens is 1. The molecule has 0 fully saturated rings. The van der Waals surface area contributed by atoms with E-state index in [-0.39, 0.29) is 5.41 Å². The highest BCUT2D eigenvalue weighted by atomic mass is 16.5. The third-order valence-electron chi connectivity index (χ3n) is 4.20. The fourth-order valence-electron chi connectivity index (χ4n) is 2.81. The quantitative estimate of drug-likeness (QED) is 0.631. The summed E-state index contributed by atoms with van der Waals surface area (Å²) >= 11 is 0. The molecule has 0 atom stereocenters. The molecule has 0 bridgehead atoms. The highest BCUT2D eigenvalue weighted by Crippen LogP contribution is 2.31. The lowest BCUT2D eigenvalue weighted by atomic mass is 9.89. The molecule has 2 nitrogen and oxygen atoms in total. The van der Waals surface area contributed by atoms with Gasteiger partial charge in [-0.2, -0.15) is 0 Å². The Balaban J connectivity index is 2.22. The van der Waals surface area contributed by atoms with Gasteiger partial charge in [0.05, 0.1) is 12.8 Å². The lowest BCUT2D eigenvalue weighted by Gasteiger charge is -2.16. The Kier molecular flexibility index (Phi) is 3.48. The first-order valence-electron chi connectivity index (χ1n) is 7.67. The molecule has 0 N–H and O–H groups in total. The van der Waals surface area contributed by atoms with Crippen LogP contribution in [0.4, 0.5) is 0 Å². The Morgan fingerprint density at radius 1 is 0.955 bits per heavy atom. The molecule has 0 unspecified atom stereocenters. The van der Waals surface area contributed by atoms with E-state index in [0.717, 1.165) is 5.75 Å². The molecule has 0 radical (unpaired) electrons. The van der Waals surface area contributed by atoms with E-state index in [1.165, 1.54) is 27.9 Å². The minimum atomic E-state index is 0.150. The molecule has 3 aromatic rings. The zero-order chi connectivity index (χ0) is 15.9. The highest BCUT2D eigenvalue weighted by molar-refractivity contribution is 5.70. The zero-order valence-corrected chi connectivity index (χ0v) is 14.0. The predicted molar refractivity (Wildman–Crippen MR) is 92.8 cm³/mol. The van der Waals surface area contributed by atoms with Gasteiger partial charge in [-0.15, -0.1) is 0 Å². The topological polar surface area (TPSA) is 13.6 Å². The molecule has 0 saturated heterocycles. The second-order valence-electron chi connectivity index (χ2n) is 6.87. The van der Waals surface area contributed by atoms with Crippen molar-refractivity contribution in [2.75, 3.05) is 7.11 Å². The third kappa shape index (κ3) is 2.50. The Bertz CT molecular complexity index is 804. The van der Waals surface area contributed by atoms with E-state index < -0.39 is 0 Å². The van der Waals surface area contributed by atoms with Crippen molar-refractivity contribution in [2.24, 2.45) is 0 Å². The van der Waals surface area contributed by atoms with Crippen LogP contribution in [-0.4, -0.2) is 11.5 Å². The van der Waals surface area contributed by atoms with Crippen molar-refractivity contribution in [3.05, 3.63) is 59.8 Å². The number of fused-ring (bicyclic) bond motifs is 1. The van der Waals surface area contributed by atoms with Crippen molar-refractivity contribution in [3.8, 4) is 17.0 Å². The maximum Gasteiger partial charge on any atom is 0.118 e. The summed E-state index contributed by atoms with van der Waals surface area (Å²) in [5.41, 5.74) is 6.47. The van der Waals surface area contributed by atoms with Gasteiger partial charge in [-0.25, -0.2) is 0 Å². The monoisotopic (exact) mass is 293 g/mol. The van der Waals surface area contributed by atoms with Crippen LogP contribution in [0.2, 0.25) is 0 Å². The van der Waals surface area contributed by atoms with Crippen LogP contribution < -0.4 is 4.74 Å². The molecule has 114 valence electrons. The highest BCUT2D eigenvalue weighted by Gasteiger charge is 2.17. The minimum Gasteiger partial charge on any atom is -0.497 e. The number of rotatable bonds is 2. The lowest BCUT2D eigenvalue weighted by molar-refractivity contribution is 0.415. The fraction of sp³-hybridized carbons (Fsp3) is 0.300. The first kappa shape index (κ1) is 14.7. The van der Waals surface area contributed by atoms with Gasteiger partial charge in [-0.3, -0.25) is 0 Å². The largest absolute Gasteiger partial charge is 0.497 e. The first-order valence-corrected chi connectivity index (χ1v) is 7.67. The molecule has 0 aliphatic heterocycles. The van der Waals surface area contributed by atoms with E-state index in [4.69, 9.17) is 4.74 Å². The van der Waals surface area contributed by atoms with Crippen LogP contribution in [0.15, 0.2) is 48.7 Å². The van der Waals surface area contributed by atoms with E-state index in [1.807, 2.05) is 12.1 Å². The molecule has 1 aromatic carbocycles. The van der Waals surface area contributed by atoms with Gasteiger partial charge >= 0.3 is 0 Å². The third-order valence-corrected chi connectivity index (χ3v) is 4.20. The van der Waals surface area contributed by atoms with Crippen LogP contribution in [0.1, 0.15) is 31.9 Å². The van der Waals surface area contributed by atoms with Gasteiger partial charge in [0.25, 0.3) is 0 Å². The molecular weight excluding hydrogens is 270 g/mol. The summed E-state index contributed by atoms with van der Waals surface area (Å²) in [6.07, 6.45) is 2.27. The number of pyridine rings is 1. The normalized spacial score (nSPS) is 11.9. The second-order valence-corrected chi connectivity index (χ2v) is 6.87. The van der Waals surface area contributed by atoms with Crippen LogP contribution >= 0.6 is 0 Å². The van der Waals surface area contributed by atoms with Gasteiger partial charge in [-0.05, 0) is 65.4 Å². The standard InChI is InChI=1S/C20H23NO/c1-14-6-9-17-12-16(20(2,3)4)13-21(17)19(14)15-7-10-18(22-5)11-8-15/h6-13H,1-5H3. The van der Waals surface area contributed by atoms with Gasteiger partial charge in [0.15, 0.2) is 0 Å². The SMILES string of the molecule is COc1ccc(-c2c(C)ccc3cc(C(C)(C)C)cn23)cc1. The summed E-state index contributed by atoms with van der Waals surface area (Å²) in [7, 11) is 1.70. The maximum absolute atomic E-state index is 5.26. The molecule has 0 spiro atoms. The first-order chi connectivity index (χ1) is 10.4. The average molecular weight is 293 g/mol. The molecule has 0 saturated carbocycles. The van der Waals surface area contributed by atoms with E-state index in [2.05, 4.69) is 68.6 Å². The number of hydrogen-bond acceptors (Lipinski definition) is 1. The maximum atomic E-state index is 5.26. The molecule has 2 heteroatoms. The van der Waals surface area contributed by atoms with E-state index >= 15 is 0 Å². The average Bonchev–Trinajstić information content (AvgIpc) is 2.91. The van der Waals surface area contributed by atoms with Gasteiger partial charge in [0.2, 0.25) is 0 Å². The molecule has 3 rings (SSSR count). The van der Waals surface area contributed by atoms with Gasteiger partial charge < -0.3 is 9.14 Å². The van der Waals surface area contributed by atoms with Crippen molar-refractivity contribution >= 4 is 5.52 Å². The molecule has 2 heterocycles. The van der Waals surface area contributed by atoms with Crippen LogP contribution in [0.3, 0.4) is 0 Å². The Hall–Kier alpha value is -2.22. The number of methoxy groups -OCH3 is 1. The Morgan fingerprint density at radius 3 is 2.23 bits per heavy atom. The van der Waals surface area contributed by atoms with Crippen molar-refractivity contribution in [2.45, 2.75) is 33.1 Å². The van der Waals surface area contributed by atoms with Crippen molar-refractivity contribution in [3.63, 3.8) is 0 Å². The minimum absolute atomic E-state index is 0.150. The van der Waals surface area contributed by atoms with E-state index in [9.17, 15) is 0 Å². The smallest absolute Gasteiger partial charge is 0.118 e. The summed E-state index contributed by atoms with van der Waals surface area (Å²) in [5, 5.41) is 0. The fourth-order valence-corrected chi connectivity index (χ4v) is 2.81. The lowest BCUT2D eigenvalue weighted by Crippen LogP contribution is -2.09. The molecule has 0 aliphatic carbocycles. The van der Waals surface area contributed by atoms with E-state index in [0.29, 0.717) is 0 Å². The molecule has 22 heavy (non-hydrogen) atoms. The Labute approximate surface area is 132 Å². The van der Waals surface area contributed by atoms with E-state index in [1.54, 1.807) is 7.11 Å². The zero-order valence-electron chi connectivity index (χ0n) is 14.0. The van der Waals surface area contributed by atoms with Gasteiger partial charge in [-0.1, -0.05) is 26.8 Å². The number of hydrogen-bond donors (Lipinski definition) is 0. The van der Waals surface area contributed by atoms with Crippen molar-refractivity contribution < 1.29 is 4.74 Å². The molecule has 0 amide bonds. The van der Waals surface area contributed by atoms with Crippen LogP contribution in [-0.2, 0) is 5.41 Å². The van der Waals surface area contributed by atoms with Gasteiger partial charge in [0.1, 0.15) is 5.75 Å². The van der Waals surface area contributed by atoms with Crippen LogP contribution in [0, 0.1) is 6.92 Å². The summed E-state index contributed by atoms with van der Waals surface area (Å²) in [4.78, 5) is 0. The number of ether oxygens (including phenoxy) is 1. The summed E-state index contributed by atoms with van der Waals surface area (Å²) in [5.74, 6) is 0.886. The number of benzene rings is 1. The Morgan fingerprint density at radius 2 is 1.64 bits per heavy atom. The molecular formula is C20H23NO. The summed E-state index contributed by atoms with van der Waals surface area (Å²) < 4.78 is 7.57. The molecule has 2 aromatic heterocycles. The van der Waals surface area contributed by atoms with Crippen molar-refractivity contribution in [1.82, 2.24) is 4.40 Å². The molecule has 0 aliphatic rings.